The van der Waals surface area contributed by atoms with Gasteiger partial charge in [-0.3, -0.25) is 0 Å². The highest BCUT2D eigenvalue weighted by molar-refractivity contribution is 5.41. The maximum atomic E-state index is 5.56. The van der Waals surface area contributed by atoms with E-state index in [2.05, 4.69) is 60.8 Å². The summed E-state index contributed by atoms with van der Waals surface area (Å²) in [6.07, 6.45) is 1.24. The Morgan fingerprint density at radius 1 is 1.14 bits per heavy atom. The Morgan fingerprint density at radius 2 is 1.90 bits per heavy atom. The maximum Gasteiger partial charge on any atom is 0.123 e. The van der Waals surface area contributed by atoms with Gasteiger partial charge < -0.3 is 10.1 Å². The second-order valence-corrected chi connectivity index (χ2v) is 5.93. The van der Waals surface area contributed by atoms with Crippen molar-refractivity contribution in [2.75, 3.05) is 14.2 Å². The molecule has 0 aliphatic heterocycles. The fourth-order valence-corrected chi connectivity index (χ4v) is 3.36. The van der Waals surface area contributed by atoms with E-state index in [0.29, 0.717) is 17.9 Å². The van der Waals surface area contributed by atoms with Crippen LogP contribution in [0.1, 0.15) is 35.1 Å². The lowest BCUT2D eigenvalue weighted by atomic mass is 9.96. The molecule has 110 valence electrons. The first kappa shape index (κ1) is 14.2. The highest BCUT2D eigenvalue weighted by atomic mass is 16.5. The minimum atomic E-state index is 0.352. The predicted molar refractivity (Wildman–Crippen MR) is 86.8 cm³/mol. The Bertz CT molecular complexity index is 608. The van der Waals surface area contributed by atoms with Crippen LogP contribution in [0.5, 0.6) is 5.75 Å². The summed E-state index contributed by atoms with van der Waals surface area (Å²) in [6, 6.07) is 17.6. The van der Waals surface area contributed by atoms with Gasteiger partial charge in [0.05, 0.1) is 7.11 Å². The van der Waals surface area contributed by atoms with Crippen LogP contribution in [0.25, 0.3) is 0 Å². The monoisotopic (exact) mass is 281 g/mol. The van der Waals surface area contributed by atoms with Crippen molar-refractivity contribution in [1.29, 1.82) is 0 Å². The zero-order valence-electron chi connectivity index (χ0n) is 13.0. The molecule has 0 radical (unpaired) electrons. The Labute approximate surface area is 127 Å². The van der Waals surface area contributed by atoms with Gasteiger partial charge in [-0.05, 0) is 43.9 Å². The summed E-state index contributed by atoms with van der Waals surface area (Å²) in [6.45, 7) is 2.14. The van der Waals surface area contributed by atoms with Crippen molar-refractivity contribution in [1.82, 2.24) is 5.32 Å². The third-order valence-electron chi connectivity index (χ3n) is 4.53. The molecule has 3 unspecified atom stereocenters. The van der Waals surface area contributed by atoms with Gasteiger partial charge in [-0.15, -0.1) is 0 Å². The molecule has 3 atom stereocenters. The number of nitrogens with one attached hydrogen (secondary N) is 1. The number of aryl methyl sites for hydroxylation is 1. The molecule has 2 heteroatoms. The van der Waals surface area contributed by atoms with Gasteiger partial charge in [0.1, 0.15) is 5.75 Å². The maximum absolute atomic E-state index is 5.56. The van der Waals surface area contributed by atoms with E-state index in [1.807, 2.05) is 7.05 Å². The normalized spacial score (nSPS) is 21.9. The standard InChI is InChI=1S/C19H23NO/c1-13-9-10-18(21-3)17(11-13)19(20-2)16-12-15(16)14-7-5-4-6-8-14/h4-11,15-16,19-20H,12H2,1-3H3. The molecule has 2 nitrogen and oxygen atoms in total. The van der Waals surface area contributed by atoms with Crippen molar-refractivity contribution in [2.45, 2.75) is 25.3 Å². The lowest BCUT2D eigenvalue weighted by molar-refractivity contribution is 0.395. The molecule has 1 aliphatic carbocycles. The van der Waals surface area contributed by atoms with Crippen LogP contribution in [-0.4, -0.2) is 14.2 Å². The molecule has 21 heavy (non-hydrogen) atoms. The van der Waals surface area contributed by atoms with Crippen LogP contribution in [0, 0.1) is 12.8 Å². The third kappa shape index (κ3) is 2.81. The Morgan fingerprint density at radius 3 is 2.57 bits per heavy atom. The molecule has 0 bridgehead atoms. The minimum absolute atomic E-state index is 0.352. The van der Waals surface area contributed by atoms with Gasteiger partial charge >= 0.3 is 0 Å². The van der Waals surface area contributed by atoms with Crippen LogP contribution in [0.15, 0.2) is 48.5 Å². The third-order valence-corrected chi connectivity index (χ3v) is 4.53. The summed E-state index contributed by atoms with van der Waals surface area (Å²) in [5.74, 6) is 2.29. The van der Waals surface area contributed by atoms with Crippen molar-refractivity contribution in [3.05, 3.63) is 65.2 Å². The Balaban J connectivity index is 1.86. The molecule has 0 saturated heterocycles. The molecule has 0 amide bonds. The molecule has 1 aliphatic rings. The highest BCUT2D eigenvalue weighted by Gasteiger charge is 2.44. The molecule has 2 aromatic carbocycles. The summed E-state index contributed by atoms with van der Waals surface area (Å²) in [7, 11) is 3.80. The molecule has 1 N–H and O–H groups in total. The lowest BCUT2D eigenvalue weighted by Crippen LogP contribution is -2.20. The van der Waals surface area contributed by atoms with Crippen LogP contribution in [0.3, 0.4) is 0 Å². The first-order chi connectivity index (χ1) is 10.2. The van der Waals surface area contributed by atoms with E-state index in [1.165, 1.54) is 23.1 Å². The van der Waals surface area contributed by atoms with Crippen LogP contribution in [0.2, 0.25) is 0 Å². The molecule has 1 fully saturated rings. The van der Waals surface area contributed by atoms with Crippen molar-refractivity contribution >= 4 is 0 Å². The van der Waals surface area contributed by atoms with E-state index < -0.39 is 0 Å². The SMILES string of the molecule is CNC(c1cc(C)ccc1OC)C1CC1c1ccccc1. The van der Waals surface area contributed by atoms with Gasteiger partial charge in [0.25, 0.3) is 0 Å². The highest BCUT2D eigenvalue weighted by Crippen LogP contribution is 2.54. The van der Waals surface area contributed by atoms with Crippen molar-refractivity contribution < 1.29 is 4.74 Å². The van der Waals surface area contributed by atoms with Crippen LogP contribution >= 0.6 is 0 Å². The smallest absolute Gasteiger partial charge is 0.123 e. The lowest BCUT2D eigenvalue weighted by Gasteiger charge is -2.20. The van der Waals surface area contributed by atoms with Crippen molar-refractivity contribution in [3.63, 3.8) is 0 Å². The van der Waals surface area contributed by atoms with Crippen molar-refractivity contribution in [3.8, 4) is 5.75 Å². The largest absolute Gasteiger partial charge is 0.496 e. The fourth-order valence-electron chi connectivity index (χ4n) is 3.36. The van der Waals surface area contributed by atoms with Crippen LogP contribution in [0.4, 0.5) is 0 Å². The van der Waals surface area contributed by atoms with E-state index in [9.17, 15) is 0 Å². The van der Waals surface area contributed by atoms with Gasteiger partial charge in [-0.25, -0.2) is 0 Å². The molecule has 1 saturated carbocycles. The van der Waals surface area contributed by atoms with E-state index in [1.54, 1.807) is 7.11 Å². The molecular formula is C19H23NO. The van der Waals surface area contributed by atoms with Crippen LogP contribution < -0.4 is 10.1 Å². The Kier molecular flexibility index (Phi) is 3.98. The molecule has 3 rings (SSSR count). The molecule has 0 heterocycles. The zero-order chi connectivity index (χ0) is 14.8. The number of hydrogen-bond acceptors (Lipinski definition) is 2. The van der Waals surface area contributed by atoms with Gasteiger partial charge in [-0.2, -0.15) is 0 Å². The molecule has 0 aromatic heterocycles. The van der Waals surface area contributed by atoms with Gasteiger partial charge in [0.15, 0.2) is 0 Å². The zero-order valence-corrected chi connectivity index (χ0v) is 13.0. The van der Waals surface area contributed by atoms with Gasteiger partial charge in [0.2, 0.25) is 0 Å². The summed E-state index contributed by atoms with van der Waals surface area (Å²) in [4.78, 5) is 0. The Hall–Kier alpha value is -1.80. The minimum Gasteiger partial charge on any atom is -0.496 e. The first-order valence-corrected chi connectivity index (χ1v) is 7.61. The van der Waals surface area contributed by atoms with E-state index in [4.69, 9.17) is 4.74 Å². The van der Waals surface area contributed by atoms with E-state index in [0.717, 1.165) is 5.75 Å². The summed E-state index contributed by atoms with van der Waals surface area (Å²) in [5.41, 5.74) is 4.01. The van der Waals surface area contributed by atoms with Gasteiger partial charge in [-0.1, -0.05) is 48.0 Å². The topological polar surface area (TPSA) is 21.3 Å². The number of methoxy groups -OCH3 is 1. The number of ether oxygens (including phenoxy) is 1. The van der Waals surface area contributed by atoms with E-state index >= 15 is 0 Å². The average molecular weight is 281 g/mol. The first-order valence-electron chi connectivity index (χ1n) is 7.61. The van der Waals surface area contributed by atoms with Gasteiger partial charge in [0, 0.05) is 11.6 Å². The second kappa shape index (κ2) is 5.90. The van der Waals surface area contributed by atoms with Crippen molar-refractivity contribution in [2.24, 2.45) is 5.92 Å². The quantitative estimate of drug-likeness (QED) is 0.892. The number of hydrogen-bond donors (Lipinski definition) is 1. The predicted octanol–water partition coefficient (Wildman–Crippen LogP) is 4.07. The fraction of sp³-hybridized carbons (Fsp3) is 0.368. The average Bonchev–Trinajstić information content (AvgIpc) is 3.30. The number of rotatable bonds is 5. The summed E-state index contributed by atoms with van der Waals surface area (Å²) in [5, 5.41) is 3.50. The number of benzene rings is 2. The summed E-state index contributed by atoms with van der Waals surface area (Å²) < 4.78 is 5.56. The molecule has 2 aromatic rings. The summed E-state index contributed by atoms with van der Waals surface area (Å²) >= 11 is 0. The molecular weight excluding hydrogens is 258 g/mol. The van der Waals surface area contributed by atoms with Crippen LogP contribution in [-0.2, 0) is 0 Å². The van der Waals surface area contributed by atoms with E-state index in [-0.39, 0.29) is 0 Å². The second-order valence-electron chi connectivity index (χ2n) is 5.93. The molecule has 0 spiro atoms.